The van der Waals surface area contributed by atoms with Crippen molar-refractivity contribution in [1.82, 2.24) is 0 Å². The first-order valence-corrected chi connectivity index (χ1v) is 3.93. The van der Waals surface area contributed by atoms with Gasteiger partial charge in [0.1, 0.15) is 0 Å². The van der Waals surface area contributed by atoms with Crippen LogP contribution in [0.1, 0.15) is 0 Å². The Morgan fingerprint density at radius 2 is 1.78 bits per heavy atom. The molecule has 1 rings (SSSR count). The van der Waals surface area contributed by atoms with Gasteiger partial charge in [-0.25, -0.2) is 0 Å². The summed E-state index contributed by atoms with van der Waals surface area (Å²) in [5.74, 6) is 0.939. The molecular formula is C7H7NaO. The first-order chi connectivity index (χ1) is 4.33. The van der Waals surface area contributed by atoms with Gasteiger partial charge in [-0.1, -0.05) is 0 Å². The van der Waals surface area contributed by atoms with E-state index in [-0.39, 0.29) is 0 Å². The van der Waals surface area contributed by atoms with E-state index >= 15 is 0 Å². The van der Waals surface area contributed by atoms with Crippen molar-refractivity contribution in [2.24, 2.45) is 0 Å². The van der Waals surface area contributed by atoms with E-state index in [1.54, 1.807) is 7.11 Å². The molecule has 2 heteroatoms. The van der Waals surface area contributed by atoms with E-state index < -0.39 is 0 Å². The molecule has 0 atom stereocenters. The van der Waals surface area contributed by atoms with Crippen molar-refractivity contribution in [3.8, 4) is 5.75 Å². The second-order valence-electron chi connectivity index (χ2n) is 2.02. The molecule has 1 nitrogen and oxygen atoms in total. The van der Waals surface area contributed by atoms with Crippen LogP contribution in [0.3, 0.4) is 0 Å². The van der Waals surface area contributed by atoms with Crippen molar-refractivity contribution in [2.45, 2.75) is 0 Å². The van der Waals surface area contributed by atoms with Crippen molar-refractivity contribution < 1.29 is 4.74 Å². The van der Waals surface area contributed by atoms with E-state index in [2.05, 4.69) is 12.1 Å². The van der Waals surface area contributed by atoms with Gasteiger partial charge in [-0.15, -0.1) is 0 Å². The molecule has 0 bridgehead atoms. The van der Waals surface area contributed by atoms with Crippen LogP contribution in [0.5, 0.6) is 5.75 Å². The molecule has 1 aromatic rings. The van der Waals surface area contributed by atoms with Crippen molar-refractivity contribution in [2.75, 3.05) is 7.11 Å². The summed E-state index contributed by atoms with van der Waals surface area (Å²) in [6.45, 7) is 0. The van der Waals surface area contributed by atoms with Gasteiger partial charge in [0.15, 0.2) is 0 Å². The second kappa shape index (κ2) is 3.25. The third-order valence-corrected chi connectivity index (χ3v) is 1.92. The summed E-state index contributed by atoms with van der Waals surface area (Å²) in [4.78, 5) is 0. The van der Waals surface area contributed by atoms with Crippen LogP contribution in [0.4, 0.5) is 0 Å². The Hall–Kier alpha value is 0.0200. The summed E-state index contributed by atoms with van der Waals surface area (Å²) in [7, 11) is 1.68. The minimum atomic E-state index is 0.939. The fraction of sp³-hybridized carbons (Fsp3) is 0.143. The molecule has 0 aliphatic heterocycles. The van der Waals surface area contributed by atoms with Crippen LogP contribution in [0, 0.1) is 0 Å². The first-order valence-electron chi connectivity index (χ1n) is 2.93. The summed E-state index contributed by atoms with van der Waals surface area (Å²) in [5.41, 5.74) is 0. The van der Waals surface area contributed by atoms with Crippen LogP contribution in [0.15, 0.2) is 24.3 Å². The standard InChI is InChI=1S/C7H7O.Na/c1-8-7-5-3-2-4-6-7;/h3-6H,1H3;. The van der Waals surface area contributed by atoms with Crippen molar-refractivity contribution >= 4 is 30.7 Å². The number of methoxy groups -OCH3 is 1. The Balaban J connectivity index is 2.88. The van der Waals surface area contributed by atoms with Gasteiger partial charge in [0.25, 0.3) is 0 Å². The number of benzene rings is 1. The molecule has 0 saturated carbocycles. The average molecular weight is 130 g/mol. The number of ether oxygens (including phenoxy) is 1. The van der Waals surface area contributed by atoms with Crippen LogP contribution in [-0.4, -0.2) is 35.0 Å². The zero-order valence-corrected chi connectivity index (χ0v) is 7.72. The Labute approximate surface area is 72.4 Å². The third-order valence-electron chi connectivity index (χ3n) is 1.26. The van der Waals surface area contributed by atoms with Crippen molar-refractivity contribution in [3.63, 3.8) is 0 Å². The van der Waals surface area contributed by atoms with Gasteiger partial charge in [0.2, 0.25) is 0 Å². The molecule has 0 aliphatic rings. The van der Waals surface area contributed by atoms with Crippen LogP contribution in [0.25, 0.3) is 0 Å². The third kappa shape index (κ3) is 2.01. The zero-order valence-electron chi connectivity index (χ0n) is 5.72. The molecule has 0 N–H and O–H groups in total. The van der Waals surface area contributed by atoms with Gasteiger partial charge in [0.05, 0.1) is 0 Å². The molecule has 0 saturated heterocycles. The van der Waals surface area contributed by atoms with Crippen molar-refractivity contribution in [1.29, 1.82) is 0 Å². The second-order valence-corrected chi connectivity index (χ2v) is 3.17. The van der Waals surface area contributed by atoms with E-state index in [4.69, 9.17) is 4.74 Å². The van der Waals surface area contributed by atoms with E-state index in [9.17, 15) is 0 Å². The molecule has 0 fully saturated rings. The molecule has 0 spiro atoms. The zero-order chi connectivity index (χ0) is 6.69. The fourth-order valence-electron chi connectivity index (χ4n) is 0.674. The Morgan fingerprint density at radius 1 is 1.22 bits per heavy atom. The molecule has 42 valence electrons. The predicted octanol–water partition coefficient (Wildman–Crippen LogP) is 0.489. The number of rotatable bonds is 1. The van der Waals surface area contributed by atoms with E-state index in [0.717, 1.165) is 33.7 Å². The molecule has 1 aromatic carbocycles. The molecular weight excluding hydrogens is 123 g/mol. The summed E-state index contributed by atoms with van der Waals surface area (Å²) in [6.07, 6.45) is 0. The van der Waals surface area contributed by atoms with Gasteiger partial charge in [0, 0.05) is 0 Å². The maximum atomic E-state index is 4.98. The van der Waals surface area contributed by atoms with Crippen LogP contribution in [-0.2, 0) is 0 Å². The van der Waals surface area contributed by atoms with Gasteiger partial charge in [-0.05, 0) is 0 Å². The Bertz CT molecular complexity index is 181. The SMILES string of the molecule is COc1cc[c]([Na])cc1. The topological polar surface area (TPSA) is 9.23 Å². The minimum absolute atomic E-state index is 0.939. The fourth-order valence-corrected chi connectivity index (χ4v) is 1.01. The van der Waals surface area contributed by atoms with E-state index in [1.807, 2.05) is 12.1 Å². The molecule has 0 unspecified atom stereocenters. The number of hydrogen-bond donors (Lipinski definition) is 0. The van der Waals surface area contributed by atoms with Gasteiger partial charge in [-0.2, -0.15) is 0 Å². The first kappa shape index (κ1) is 7.13. The molecule has 0 heterocycles. The quantitative estimate of drug-likeness (QED) is 0.503. The summed E-state index contributed by atoms with van der Waals surface area (Å²) >= 11 is 1.12. The maximum absolute atomic E-state index is 4.98. The summed E-state index contributed by atoms with van der Waals surface area (Å²) < 4.78 is 6.38. The molecule has 0 aliphatic carbocycles. The Morgan fingerprint density at radius 3 is 2.22 bits per heavy atom. The summed E-state index contributed by atoms with van der Waals surface area (Å²) in [5, 5.41) is 0. The molecule has 0 amide bonds. The molecule has 0 radical (unpaired) electrons. The normalized spacial score (nSPS) is 9.22. The monoisotopic (exact) mass is 130 g/mol. The van der Waals surface area contributed by atoms with Crippen molar-refractivity contribution in [3.05, 3.63) is 24.3 Å². The van der Waals surface area contributed by atoms with Crippen LogP contribution in [0.2, 0.25) is 0 Å². The van der Waals surface area contributed by atoms with Gasteiger partial charge >= 0.3 is 72.6 Å². The predicted molar refractivity (Wildman–Crippen MR) is 38.4 cm³/mol. The van der Waals surface area contributed by atoms with Crippen LogP contribution < -0.4 is 7.55 Å². The van der Waals surface area contributed by atoms with Gasteiger partial charge in [-0.3, -0.25) is 0 Å². The van der Waals surface area contributed by atoms with Crippen LogP contribution >= 0.6 is 0 Å². The Kier molecular flexibility index (Phi) is 2.58. The molecule has 9 heavy (non-hydrogen) atoms. The van der Waals surface area contributed by atoms with E-state index in [0.29, 0.717) is 0 Å². The van der Waals surface area contributed by atoms with E-state index in [1.165, 1.54) is 2.81 Å². The summed E-state index contributed by atoms with van der Waals surface area (Å²) in [6, 6.07) is 8.15. The van der Waals surface area contributed by atoms with Gasteiger partial charge < -0.3 is 0 Å². The molecule has 0 aromatic heterocycles. The number of hydrogen-bond acceptors (Lipinski definition) is 1. The average Bonchev–Trinajstić information content (AvgIpc) is 1.90.